The highest BCUT2D eigenvalue weighted by atomic mass is 35.5. The SMILES string of the molecule is O=Cc1nc2ccc(C(F)(F)F)cn2c1Cl. The van der Waals surface area contributed by atoms with Crippen LogP contribution in [0.25, 0.3) is 5.65 Å². The zero-order valence-electron chi connectivity index (χ0n) is 7.62. The molecule has 2 aromatic rings. The van der Waals surface area contributed by atoms with E-state index < -0.39 is 11.7 Å². The molecule has 0 spiro atoms. The third-order valence-corrected chi connectivity index (χ3v) is 2.40. The third-order valence-electron chi connectivity index (χ3n) is 2.02. The number of alkyl halides is 3. The van der Waals surface area contributed by atoms with Gasteiger partial charge in [-0.1, -0.05) is 11.6 Å². The molecule has 0 aliphatic carbocycles. The number of pyridine rings is 1. The predicted molar refractivity (Wildman–Crippen MR) is 50.6 cm³/mol. The van der Waals surface area contributed by atoms with E-state index in [1.807, 2.05) is 0 Å². The minimum Gasteiger partial charge on any atom is -0.296 e. The number of carbonyl (C=O) groups is 1. The minimum atomic E-state index is -4.46. The lowest BCUT2D eigenvalue weighted by Crippen LogP contribution is -2.06. The molecule has 0 unspecified atom stereocenters. The molecule has 2 aromatic heterocycles. The molecular weight excluding hydrogens is 245 g/mol. The van der Waals surface area contributed by atoms with E-state index in [0.717, 1.165) is 22.7 Å². The number of carbonyl (C=O) groups excluding carboxylic acids is 1. The molecule has 0 aliphatic heterocycles. The van der Waals surface area contributed by atoms with Crippen LogP contribution in [-0.2, 0) is 6.18 Å². The van der Waals surface area contributed by atoms with Gasteiger partial charge in [0, 0.05) is 6.20 Å². The van der Waals surface area contributed by atoms with E-state index in [9.17, 15) is 18.0 Å². The molecule has 0 radical (unpaired) electrons. The molecule has 2 heterocycles. The van der Waals surface area contributed by atoms with Crippen molar-refractivity contribution >= 4 is 23.5 Å². The van der Waals surface area contributed by atoms with Gasteiger partial charge in [0.25, 0.3) is 0 Å². The van der Waals surface area contributed by atoms with Crippen molar-refractivity contribution in [3.05, 3.63) is 34.7 Å². The first-order chi connectivity index (χ1) is 7.43. The number of fused-ring (bicyclic) bond motifs is 1. The van der Waals surface area contributed by atoms with Gasteiger partial charge in [0.2, 0.25) is 0 Å². The number of nitrogens with zero attached hydrogens (tertiary/aromatic N) is 2. The summed E-state index contributed by atoms with van der Waals surface area (Å²) in [5.41, 5.74) is -0.738. The molecule has 3 nitrogen and oxygen atoms in total. The molecule has 84 valence electrons. The van der Waals surface area contributed by atoms with Crippen LogP contribution in [0.3, 0.4) is 0 Å². The number of hydrogen-bond donors (Lipinski definition) is 0. The lowest BCUT2D eigenvalue weighted by molar-refractivity contribution is -0.137. The summed E-state index contributed by atoms with van der Waals surface area (Å²) < 4.78 is 38.2. The zero-order valence-corrected chi connectivity index (χ0v) is 8.38. The molecule has 7 heteroatoms. The second-order valence-corrected chi connectivity index (χ2v) is 3.41. The molecule has 0 amide bonds. The Labute approximate surface area is 92.5 Å². The third kappa shape index (κ3) is 1.65. The Kier molecular flexibility index (Phi) is 2.38. The van der Waals surface area contributed by atoms with E-state index in [2.05, 4.69) is 4.98 Å². The van der Waals surface area contributed by atoms with Gasteiger partial charge in [0.05, 0.1) is 5.56 Å². The summed E-state index contributed by atoms with van der Waals surface area (Å²) in [7, 11) is 0. The molecular formula is C9H4ClF3N2O. The second kappa shape index (κ2) is 3.48. The number of aromatic nitrogens is 2. The van der Waals surface area contributed by atoms with Gasteiger partial charge in [-0.2, -0.15) is 13.2 Å². The average molecular weight is 249 g/mol. The standard InChI is InChI=1S/C9H4ClF3N2O/c10-8-6(4-16)14-7-2-1-5(3-15(7)8)9(11,12)13/h1-4H. The Morgan fingerprint density at radius 2 is 2.06 bits per heavy atom. The van der Waals surface area contributed by atoms with E-state index in [1.165, 1.54) is 0 Å². The maximum atomic E-state index is 12.4. The monoisotopic (exact) mass is 248 g/mol. The molecule has 0 fully saturated rings. The topological polar surface area (TPSA) is 34.4 Å². The molecule has 0 aliphatic rings. The van der Waals surface area contributed by atoms with Crippen LogP contribution < -0.4 is 0 Å². The van der Waals surface area contributed by atoms with E-state index in [1.54, 1.807) is 0 Å². The molecule has 0 atom stereocenters. The lowest BCUT2D eigenvalue weighted by atomic mass is 10.3. The van der Waals surface area contributed by atoms with Gasteiger partial charge < -0.3 is 0 Å². The van der Waals surface area contributed by atoms with Crippen LogP contribution in [0, 0.1) is 0 Å². The number of aldehydes is 1. The first kappa shape index (κ1) is 10.9. The predicted octanol–water partition coefficient (Wildman–Crippen LogP) is 2.82. The summed E-state index contributed by atoms with van der Waals surface area (Å²) in [6, 6.07) is 2.04. The van der Waals surface area contributed by atoms with E-state index in [-0.39, 0.29) is 16.5 Å². The fraction of sp³-hybridized carbons (Fsp3) is 0.111. The van der Waals surface area contributed by atoms with Gasteiger partial charge in [-0.25, -0.2) is 4.98 Å². The Hall–Kier alpha value is -1.56. The summed E-state index contributed by atoms with van der Waals surface area (Å²) in [4.78, 5) is 14.2. The maximum absolute atomic E-state index is 12.4. The van der Waals surface area contributed by atoms with Crippen molar-refractivity contribution in [3.8, 4) is 0 Å². The van der Waals surface area contributed by atoms with Crippen LogP contribution >= 0.6 is 11.6 Å². The second-order valence-electron chi connectivity index (χ2n) is 3.05. The fourth-order valence-corrected chi connectivity index (χ4v) is 1.50. The van der Waals surface area contributed by atoms with Crippen LogP contribution in [0.2, 0.25) is 5.15 Å². The largest absolute Gasteiger partial charge is 0.417 e. The summed E-state index contributed by atoms with van der Waals surface area (Å²) >= 11 is 5.68. The van der Waals surface area contributed by atoms with Crippen LogP contribution in [0.15, 0.2) is 18.3 Å². The van der Waals surface area contributed by atoms with E-state index in [4.69, 9.17) is 11.6 Å². The summed E-state index contributed by atoms with van der Waals surface area (Å²) in [5, 5.41) is -0.129. The summed E-state index contributed by atoms with van der Waals surface area (Å²) in [5.74, 6) is 0. The Morgan fingerprint density at radius 1 is 1.38 bits per heavy atom. The number of hydrogen-bond acceptors (Lipinski definition) is 2. The van der Waals surface area contributed by atoms with Gasteiger partial charge >= 0.3 is 6.18 Å². The number of rotatable bonds is 1. The Morgan fingerprint density at radius 3 is 2.62 bits per heavy atom. The molecule has 0 aromatic carbocycles. The van der Waals surface area contributed by atoms with Gasteiger partial charge in [0.15, 0.2) is 6.29 Å². The van der Waals surface area contributed by atoms with Crippen LogP contribution in [0.5, 0.6) is 0 Å². The highest BCUT2D eigenvalue weighted by Gasteiger charge is 2.31. The Bertz CT molecular complexity index is 562. The van der Waals surface area contributed by atoms with Crippen molar-refractivity contribution in [2.75, 3.05) is 0 Å². The van der Waals surface area contributed by atoms with Crippen molar-refractivity contribution in [1.82, 2.24) is 9.38 Å². The first-order valence-electron chi connectivity index (χ1n) is 4.13. The number of halogens is 4. The van der Waals surface area contributed by atoms with Gasteiger partial charge in [-0.05, 0) is 12.1 Å². The molecule has 0 N–H and O–H groups in total. The quantitative estimate of drug-likeness (QED) is 0.728. The number of imidazole rings is 1. The van der Waals surface area contributed by atoms with Crippen LogP contribution in [-0.4, -0.2) is 15.7 Å². The van der Waals surface area contributed by atoms with Crippen molar-refractivity contribution in [2.24, 2.45) is 0 Å². The normalized spacial score (nSPS) is 12.0. The maximum Gasteiger partial charge on any atom is 0.417 e. The molecule has 16 heavy (non-hydrogen) atoms. The highest BCUT2D eigenvalue weighted by Crippen LogP contribution is 2.30. The summed E-state index contributed by atoms with van der Waals surface area (Å²) in [6.07, 6.45) is -3.26. The average Bonchev–Trinajstić information content (AvgIpc) is 2.54. The lowest BCUT2D eigenvalue weighted by Gasteiger charge is -2.06. The summed E-state index contributed by atoms with van der Waals surface area (Å²) in [6.45, 7) is 0. The highest BCUT2D eigenvalue weighted by molar-refractivity contribution is 6.32. The van der Waals surface area contributed by atoms with Gasteiger partial charge in [-0.3, -0.25) is 9.20 Å². The van der Waals surface area contributed by atoms with Crippen molar-refractivity contribution in [3.63, 3.8) is 0 Å². The van der Waals surface area contributed by atoms with Gasteiger partial charge in [-0.15, -0.1) is 0 Å². The van der Waals surface area contributed by atoms with Crippen molar-refractivity contribution < 1.29 is 18.0 Å². The minimum absolute atomic E-state index is 0.0824. The smallest absolute Gasteiger partial charge is 0.296 e. The fourth-order valence-electron chi connectivity index (χ4n) is 1.28. The first-order valence-corrected chi connectivity index (χ1v) is 4.51. The Balaban J connectivity index is 2.70. The van der Waals surface area contributed by atoms with E-state index in [0.29, 0.717) is 6.29 Å². The molecule has 0 saturated heterocycles. The molecule has 2 rings (SSSR count). The van der Waals surface area contributed by atoms with Crippen LogP contribution in [0.4, 0.5) is 13.2 Å². The van der Waals surface area contributed by atoms with Crippen molar-refractivity contribution in [1.29, 1.82) is 0 Å². The zero-order chi connectivity index (χ0) is 11.9. The molecule has 0 bridgehead atoms. The van der Waals surface area contributed by atoms with E-state index >= 15 is 0 Å². The van der Waals surface area contributed by atoms with Crippen molar-refractivity contribution in [2.45, 2.75) is 6.18 Å². The van der Waals surface area contributed by atoms with Crippen LogP contribution in [0.1, 0.15) is 16.1 Å². The molecule has 0 saturated carbocycles. The van der Waals surface area contributed by atoms with Gasteiger partial charge in [0.1, 0.15) is 16.5 Å².